The van der Waals surface area contributed by atoms with Gasteiger partial charge in [-0.2, -0.15) is 0 Å². The number of aryl methyl sites for hydroxylation is 1. The molecular formula is C14H20FNO. The molecule has 0 saturated carbocycles. The van der Waals surface area contributed by atoms with Gasteiger partial charge in [-0.25, -0.2) is 4.39 Å². The zero-order chi connectivity index (χ0) is 12.5. The van der Waals surface area contributed by atoms with Gasteiger partial charge in [0.1, 0.15) is 5.82 Å². The molecule has 1 saturated heterocycles. The summed E-state index contributed by atoms with van der Waals surface area (Å²) in [6, 6.07) is 4.95. The Bertz CT molecular complexity index is 407. The Morgan fingerprint density at radius 2 is 2.29 bits per heavy atom. The molecule has 17 heavy (non-hydrogen) atoms. The highest BCUT2D eigenvalue weighted by atomic mass is 19.1. The number of nitrogens with two attached hydrogens (primary N) is 1. The van der Waals surface area contributed by atoms with E-state index in [4.69, 9.17) is 10.5 Å². The number of ether oxygens (including phenoxy) is 1. The van der Waals surface area contributed by atoms with Gasteiger partial charge in [0.25, 0.3) is 0 Å². The van der Waals surface area contributed by atoms with Crippen LogP contribution >= 0.6 is 0 Å². The molecule has 1 fully saturated rings. The fraction of sp³-hybridized carbons (Fsp3) is 0.571. The summed E-state index contributed by atoms with van der Waals surface area (Å²) in [5.74, 6) is -0.177. The lowest BCUT2D eigenvalue weighted by Gasteiger charge is -2.31. The molecule has 3 heteroatoms. The van der Waals surface area contributed by atoms with Crippen molar-refractivity contribution in [3.63, 3.8) is 0 Å². The first-order valence-electron chi connectivity index (χ1n) is 6.14. The fourth-order valence-electron chi connectivity index (χ4n) is 2.60. The largest absolute Gasteiger partial charge is 0.378 e. The van der Waals surface area contributed by atoms with Crippen LogP contribution in [0.25, 0.3) is 0 Å². The minimum atomic E-state index is -0.177. The Kier molecular flexibility index (Phi) is 3.50. The molecule has 1 heterocycles. The van der Waals surface area contributed by atoms with Crippen molar-refractivity contribution in [2.45, 2.75) is 32.8 Å². The highest BCUT2D eigenvalue weighted by Gasteiger charge is 2.40. The van der Waals surface area contributed by atoms with Gasteiger partial charge >= 0.3 is 0 Å². The summed E-state index contributed by atoms with van der Waals surface area (Å²) in [7, 11) is 0. The van der Waals surface area contributed by atoms with Crippen molar-refractivity contribution in [3.05, 3.63) is 35.1 Å². The first-order chi connectivity index (χ1) is 8.07. The molecule has 94 valence electrons. The van der Waals surface area contributed by atoms with Crippen LogP contribution in [0.3, 0.4) is 0 Å². The van der Waals surface area contributed by atoms with E-state index in [-0.39, 0.29) is 17.3 Å². The Labute approximate surface area is 102 Å². The average molecular weight is 237 g/mol. The third kappa shape index (κ3) is 2.35. The second-order valence-electron chi connectivity index (χ2n) is 5.08. The van der Waals surface area contributed by atoms with E-state index in [9.17, 15) is 4.39 Å². The van der Waals surface area contributed by atoms with Gasteiger partial charge in [-0.05, 0) is 49.9 Å². The molecule has 0 radical (unpaired) electrons. The first-order valence-corrected chi connectivity index (χ1v) is 6.14. The topological polar surface area (TPSA) is 35.2 Å². The van der Waals surface area contributed by atoms with Crippen LogP contribution in [-0.4, -0.2) is 19.3 Å². The van der Waals surface area contributed by atoms with E-state index in [0.29, 0.717) is 6.54 Å². The van der Waals surface area contributed by atoms with Gasteiger partial charge in [0.2, 0.25) is 0 Å². The highest BCUT2D eigenvalue weighted by molar-refractivity contribution is 5.28. The molecule has 2 nitrogen and oxygen atoms in total. The molecule has 1 aliphatic heterocycles. The summed E-state index contributed by atoms with van der Waals surface area (Å²) in [5.41, 5.74) is 8.06. The molecule has 2 unspecified atom stereocenters. The van der Waals surface area contributed by atoms with Crippen LogP contribution in [0, 0.1) is 18.2 Å². The second kappa shape index (κ2) is 4.75. The van der Waals surface area contributed by atoms with Crippen LogP contribution in [0.4, 0.5) is 4.39 Å². The SMILES string of the molecule is Cc1ccc(F)cc1CC1(CN)CCOC1C. The van der Waals surface area contributed by atoms with Crippen LogP contribution in [0.15, 0.2) is 18.2 Å². The Morgan fingerprint density at radius 3 is 2.88 bits per heavy atom. The average Bonchev–Trinajstić information content (AvgIpc) is 2.66. The third-order valence-corrected chi connectivity index (χ3v) is 4.09. The van der Waals surface area contributed by atoms with E-state index in [1.807, 2.05) is 13.0 Å². The van der Waals surface area contributed by atoms with E-state index in [2.05, 4.69) is 6.92 Å². The molecular weight excluding hydrogens is 217 g/mol. The lowest BCUT2D eigenvalue weighted by atomic mass is 9.75. The first kappa shape index (κ1) is 12.5. The predicted octanol–water partition coefficient (Wildman–Crippen LogP) is 2.43. The summed E-state index contributed by atoms with van der Waals surface area (Å²) in [6.45, 7) is 5.42. The Balaban J connectivity index is 2.27. The molecule has 2 N–H and O–H groups in total. The van der Waals surface area contributed by atoms with Crippen molar-refractivity contribution in [2.75, 3.05) is 13.2 Å². The van der Waals surface area contributed by atoms with Crippen molar-refractivity contribution >= 4 is 0 Å². The summed E-state index contributed by atoms with van der Waals surface area (Å²) in [5, 5.41) is 0. The van der Waals surface area contributed by atoms with Gasteiger partial charge in [0.15, 0.2) is 0 Å². The van der Waals surface area contributed by atoms with Crippen molar-refractivity contribution < 1.29 is 9.13 Å². The molecule has 0 bridgehead atoms. The molecule has 2 rings (SSSR count). The predicted molar refractivity (Wildman–Crippen MR) is 66.4 cm³/mol. The van der Waals surface area contributed by atoms with Crippen molar-refractivity contribution in [1.29, 1.82) is 0 Å². The fourth-order valence-corrected chi connectivity index (χ4v) is 2.60. The normalized spacial score (nSPS) is 28.6. The molecule has 1 aromatic rings. The molecule has 0 aliphatic carbocycles. The number of rotatable bonds is 3. The van der Waals surface area contributed by atoms with E-state index in [1.54, 1.807) is 6.07 Å². The van der Waals surface area contributed by atoms with Gasteiger partial charge in [0.05, 0.1) is 6.10 Å². The third-order valence-electron chi connectivity index (χ3n) is 4.09. The van der Waals surface area contributed by atoms with Crippen LogP contribution in [0.2, 0.25) is 0 Å². The molecule has 0 spiro atoms. The Morgan fingerprint density at radius 1 is 1.53 bits per heavy atom. The van der Waals surface area contributed by atoms with Gasteiger partial charge in [0, 0.05) is 18.6 Å². The maximum Gasteiger partial charge on any atom is 0.123 e. The second-order valence-corrected chi connectivity index (χ2v) is 5.08. The lowest BCUT2D eigenvalue weighted by molar-refractivity contribution is 0.0673. The zero-order valence-electron chi connectivity index (χ0n) is 10.5. The molecule has 0 amide bonds. The number of benzene rings is 1. The maximum atomic E-state index is 13.3. The van der Waals surface area contributed by atoms with Crippen molar-refractivity contribution in [3.8, 4) is 0 Å². The number of hydrogen-bond acceptors (Lipinski definition) is 2. The van der Waals surface area contributed by atoms with E-state index in [0.717, 1.165) is 30.6 Å². The van der Waals surface area contributed by atoms with Crippen LogP contribution in [0.5, 0.6) is 0 Å². The van der Waals surface area contributed by atoms with Crippen LogP contribution < -0.4 is 5.73 Å². The van der Waals surface area contributed by atoms with Gasteiger partial charge < -0.3 is 10.5 Å². The van der Waals surface area contributed by atoms with E-state index < -0.39 is 0 Å². The molecule has 1 aromatic carbocycles. The minimum Gasteiger partial charge on any atom is -0.378 e. The maximum absolute atomic E-state index is 13.3. The van der Waals surface area contributed by atoms with Gasteiger partial charge in [-0.1, -0.05) is 6.07 Å². The van der Waals surface area contributed by atoms with E-state index in [1.165, 1.54) is 6.07 Å². The van der Waals surface area contributed by atoms with Gasteiger partial charge in [-0.3, -0.25) is 0 Å². The van der Waals surface area contributed by atoms with Crippen molar-refractivity contribution in [1.82, 2.24) is 0 Å². The number of hydrogen-bond donors (Lipinski definition) is 1. The molecule has 2 atom stereocenters. The standard InChI is InChI=1S/C14H20FNO/c1-10-3-4-13(15)7-12(10)8-14(9-16)5-6-17-11(14)2/h3-4,7,11H,5-6,8-9,16H2,1-2H3. The van der Waals surface area contributed by atoms with Crippen LogP contribution in [0.1, 0.15) is 24.5 Å². The minimum absolute atomic E-state index is 0.0292. The van der Waals surface area contributed by atoms with Gasteiger partial charge in [-0.15, -0.1) is 0 Å². The summed E-state index contributed by atoms with van der Waals surface area (Å²) in [4.78, 5) is 0. The zero-order valence-corrected chi connectivity index (χ0v) is 10.5. The molecule has 1 aliphatic rings. The van der Waals surface area contributed by atoms with Crippen LogP contribution in [-0.2, 0) is 11.2 Å². The Hall–Kier alpha value is -0.930. The quantitative estimate of drug-likeness (QED) is 0.876. The lowest BCUT2D eigenvalue weighted by Crippen LogP contribution is -2.39. The van der Waals surface area contributed by atoms with E-state index >= 15 is 0 Å². The van der Waals surface area contributed by atoms with Crippen molar-refractivity contribution in [2.24, 2.45) is 11.1 Å². The monoisotopic (exact) mass is 237 g/mol. The number of halogens is 1. The summed E-state index contributed by atoms with van der Waals surface area (Å²) < 4.78 is 18.9. The summed E-state index contributed by atoms with van der Waals surface area (Å²) in [6.07, 6.45) is 1.91. The summed E-state index contributed by atoms with van der Waals surface area (Å²) >= 11 is 0. The highest BCUT2D eigenvalue weighted by Crippen LogP contribution is 2.37. The molecule has 0 aromatic heterocycles. The smallest absolute Gasteiger partial charge is 0.123 e.